The number of nitrogens with one attached hydrogen (secondary N) is 1. The molecule has 182 valence electrons. The maximum atomic E-state index is 13.0. The van der Waals surface area contributed by atoms with Crippen molar-refractivity contribution in [2.45, 2.75) is 58.3 Å². The smallest absolute Gasteiger partial charge is 0.342 e. The zero-order valence-corrected chi connectivity index (χ0v) is 19.6. The van der Waals surface area contributed by atoms with Crippen molar-refractivity contribution < 1.29 is 34.1 Å². The van der Waals surface area contributed by atoms with Gasteiger partial charge in [0.25, 0.3) is 0 Å². The first-order valence-corrected chi connectivity index (χ1v) is 11.0. The molecule has 1 heterocycles. The van der Waals surface area contributed by atoms with E-state index in [4.69, 9.17) is 9.47 Å². The Morgan fingerprint density at radius 2 is 2.00 bits per heavy atom. The summed E-state index contributed by atoms with van der Waals surface area (Å²) in [6.45, 7) is 5.11. The lowest BCUT2D eigenvalue weighted by Crippen LogP contribution is -2.25. The van der Waals surface area contributed by atoms with E-state index in [-0.39, 0.29) is 36.5 Å². The second-order valence-electron chi connectivity index (χ2n) is 7.87. The molecule has 3 unspecified atom stereocenters. The number of aliphatic hydroxyl groups excluding tert-OH is 1. The van der Waals surface area contributed by atoms with Crippen molar-refractivity contribution in [1.82, 2.24) is 5.32 Å². The summed E-state index contributed by atoms with van der Waals surface area (Å²) in [7, 11) is 0. The van der Waals surface area contributed by atoms with Crippen LogP contribution >= 0.6 is 0 Å². The van der Waals surface area contributed by atoms with Crippen LogP contribution in [0.4, 0.5) is 0 Å². The number of ether oxygens (including phenoxy) is 2. The van der Waals surface area contributed by atoms with Crippen molar-refractivity contribution in [3.63, 3.8) is 0 Å². The van der Waals surface area contributed by atoms with Crippen molar-refractivity contribution in [2.75, 3.05) is 0 Å². The maximum Gasteiger partial charge on any atom is 0.342 e. The summed E-state index contributed by atoms with van der Waals surface area (Å²) in [5.41, 5.74) is 1.14. The van der Waals surface area contributed by atoms with Crippen LogP contribution in [0.15, 0.2) is 66.4 Å². The first-order chi connectivity index (χ1) is 16.2. The number of aromatic hydroxyl groups is 1. The Labute approximate surface area is 199 Å². The van der Waals surface area contributed by atoms with Crippen molar-refractivity contribution in [1.29, 1.82) is 0 Å². The van der Waals surface area contributed by atoms with E-state index in [2.05, 4.69) is 5.32 Å². The molecule has 0 radical (unpaired) electrons. The van der Waals surface area contributed by atoms with Gasteiger partial charge in [-0.1, -0.05) is 36.4 Å². The van der Waals surface area contributed by atoms with Crippen LogP contribution in [-0.2, 0) is 25.5 Å². The summed E-state index contributed by atoms with van der Waals surface area (Å²) in [4.78, 5) is 37.0. The van der Waals surface area contributed by atoms with Crippen LogP contribution in [0.25, 0.3) is 0 Å². The highest BCUT2D eigenvalue weighted by molar-refractivity contribution is 5.94. The number of esters is 2. The molecule has 8 heteroatoms. The molecule has 0 aliphatic carbocycles. The average molecular weight is 470 g/mol. The third-order valence-electron chi connectivity index (χ3n) is 5.05. The number of phenols is 1. The van der Waals surface area contributed by atoms with E-state index in [0.29, 0.717) is 11.1 Å². The summed E-state index contributed by atoms with van der Waals surface area (Å²) >= 11 is 0. The van der Waals surface area contributed by atoms with Gasteiger partial charge < -0.3 is 25.0 Å². The van der Waals surface area contributed by atoms with E-state index in [1.807, 2.05) is 0 Å². The Bertz CT molecular complexity index is 1010. The highest BCUT2D eigenvalue weighted by Crippen LogP contribution is 2.25. The molecule has 0 bridgehead atoms. The molecule has 0 saturated carbocycles. The summed E-state index contributed by atoms with van der Waals surface area (Å²) in [5, 5.41) is 23.2. The van der Waals surface area contributed by atoms with Crippen molar-refractivity contribution >= 4 is 17.8 Å². The molecule has 34 heavy (non-hydrogen) atoms. The molecule has 1 amide bonds. The molecule has 8 nitrogen and oxygen atoms in total. The minimum absolute atomic E-state index is 0.0106. The minimum atomic E-state index is -0.897. The van der Waals surface area contributed by atoms with Gasteiger partial charge in [-0.25, -0.2) is 4.79 Å². The molecule has 3 N–H and O–H groups in total. The van der Waals surface area contributed by atoms with E-state index in [1.54, 1.807) is 57.2 Å². The molecule has 1 aliphatic rings. The highest BCUT2D eigenvalue weighted by atomic mass is 16.6. The fraction of sp³-hybridized carbons (Fsp3) is 0.346. The van der Waals surface area contributed by atoms with Gasteiger partial charge in [-0.05, 0) is 56.5 Å². The predicted molar refractivity (Wildman–Crippen MR) is 127 cm³/mol. The number of cyclic esters (lactones) is 2. The summed E-state index contributed by atoms with van der Waals surface area (Å²) in [6.07, 6.45) is 8.56. The lowest BCUT2D eigenvalue weighted by atomic mass is 10.0. The number of aliphatic hydroxyl groups is 1. The van der Waals surface area contributed by atoms with Crippen molar-refractivity contribution in [3.8, 4) is 5.75 Å². The van der Waals surface area contributed by atoms with Gasteiger partial charge in [-0.2, -0.15) is 0 Å². The van der Waals surface area contributed by atoms with Crippen LogP contribution < -0.4 is 5.32 Å². The Hall–Kier alpha value is -3.65. The fourth-order valence-corrected chi connectivity index (χ4v) is 3.22. The second kappa shape index (κ2) is 13.2. The Balaban J connectivity index is 2.34. The van der Waals surface area contributed by atoms with Gasteiger partial charge in [-0.15, -0.1) is 0 Å². The zero-order chi connectivity index (χ0) is 25.1. The van der Waals surface area contributed by atoms with Gasteiger partial charge in [0.2, 0.25) is 5.91 Å². The normalized spacial score (nSPS) is 24.8. The molecule has 1 aliphatic heterocycles. The predicted octanol–water partition coefficient (Wildman–Crippen LogP) is 3.26. The summed E-state index contributed by atoms with van der Waals surface area (Å²) < 4.78 is 10.9. The number of carbonyl (C=O) groups excluding carboxylic acids is 3. The molecule has 0 saturated heterocycles. The number of hydrogen-bond acceptors (Lipinski definition) is 7. The van der Waals surface area contributed by atoms with Crippen LogP contribution in [0.5, 0.6) is 5.75 Å². The average Bonchev–Trinajstić information content (AvgIpc) is 2.78. The fourth-order valence-electron chi connectivity index (χ4n) is 3.22. The summed E-state index contributed by atoms with van der Waals surface area (Å²) in [5.74, 6) is -1.95. The van der Waals surface area contributed by atoms with Crippen LogP contribution in [0.3, 0.4) is 0 Å². The third kappa shape index (κ3) is 8.37. The van der Waals surface area contributed by atoms with E-state index in [1.165, 1.54) is 24.4 Å². The third-order valence-corrected chi connectivity index (χ3v) is 5.05. The van der Waals surface area contributed by atoms with Gasteiger partial charge in [-0.3, -0.25) is 9.59 Å². The number of carbonyl (C=O) groups is 3. The molecule has 1 aromatic carbocycles. The van der Waals surface area contributed by atoms with Crippen molar-refractivity contribution in [2.24, 2.45) is 0 Å². The number of allylic oxidation sites excluding steroid dienone is 2. The molecular weight excluding hydrogens is 438 g/mol. The maximum absolute atomic E-state index is 13.0. The zero-order valence-electron chi connectivity index (χ0n) is 19.6. The quantitative estimate of drug-likeness (QED) is 0.351. The molecule has 3 atom stereocenters. The highest BCUT2D eigenvalue weighted by Gasteiger charge is 2.24. The van der Waals surface area contributed by atoms with Crippen LogP contribution in [0.2, 0.25) is 0 Å². The van der Waals surface area contributed by atoms with Crippen LogP contribution in [-0.4, -0.2) is 46.4 Å². The van der Waals surface area contributed by atoms with Gasteiger partial charge in [0, 0.05) is 12.6 Å². The van der Waals surface area contributed by atoms with E-state index in [9.17, 15) is 24.6 Å². The van der Waals surface area contributed by atoms with Crippen LogP contribution in [0, 0.1) is 0 Å². The van der Waals surface area contributed by atoms with Crippen molar-refractivity contribution in [3.05, 3.63) is 77.6 Å². The number of fused-ring (bicyclic) bond motifs is 1. The molecule has 0 fully saturated rings. The number of benzene rings is 1. The number of hydrogen-bond donors (Lipinski definition) is 3. The van der Waals surface area contributed by atoms with E-state index < -0.39 is 30.3 Å². The Morgan fingerprint density at radius 1 is 1.24 bits per heavy atom. The number of phenolic OH excluding ortho intramolecular Hbond substituents is 1. The monoisotopic (exact) mass is 469 g/mol. The lowest BCUT2D eigenvalue weighted by Gasteiger charge is -2.18. The number of amides is 1. The largest absolute Gasteiger partial charge is 0.507 e. The summed E-state index contributed by atoms with van der Waals surface area (Å²) in [6, 6.07) is 4.67. The van der Waals surface area contributed by atoms with Crippen LogP contribution in [0.1, 0.15) is 49.5 Å². The minimum Gasteiger partial charge on any atom is -0.507 e. The molecule has 2 rings (SSSR count). The van der Waals surface area contributed by atoms with E-state index >= 15 is 0 Å². The van der Waals surface area contributed by atoms with Gasteiger partial charge >= 0.3 is 11.9 Å². The first kappa shape index (κ1) is 26.6. The Kier molecular flexibility index (Phi) is 10.3. The molecular formula is C26H31NO7. The lowest BCUT2D eigenvalue weighted by molar-refractivity contribution is -0.148. The molecule has 1 aromatic rings. The van der Waals surface area contributed by atoms with Gasteiger partial charge in [0.1, 0.15) is 23.5 Å². The van der Waals surface area contributed by atoms with Gasteiger partial charge in [0.05, 0.1) is 12.5 Å². The Morgan fingerprint density at radius 3 is 2.74 bits per heavy atom. The second-order valence-corrected chi connectivity index (χ2v) is 7.87. The molecule has 0 spiro atoms. The standard InChI is InChI=1S/C26H31NO7/c1-4-7-23(30)27-15-6-9-20-16-24(31)33-18(3)12-14-21(28)17(2)11-13-19-8-5-10-22(29)25(19)26(32)34-20/h4-8,10-12,14-15,18,20-21,28-29H,9,13,16H2,1-3H3,(H,27,30)/b7-4-,14-12+,15-6+,17-11-. The van der Waals surface area contributed by atoms with E-state index in [0.717, 1.165) is 0 Å². The molecule has 0 aromatic heterocycles. The number of rotatable bonds is 4. The first-order valence-electron chi connectivity index (χ1n) is 11.0. The van der Waals surface area contributed by atoms with Gasteiger partial charge in [0.15, 0.2) is 0 Å². The topological polar surface area (TPSA) is 122 Å². The SMILES string of the molecule is C/C=C\C(=O)N/C=C/CC1CC(=O)OC(C)/C=C/C(O)/C(C)=C\Cc2cccc(O)c2C(=O)O1.